The quantitative estimate of drug-likeness (QED) is 0.569. The Labute approximate surface area is 79.0 Å². The third-order valence-electron chi connectivity index (χ3n) is 3.24. The molecule has 0 amide bonds. The summed E-state index contributed by atoms with van der Waals surface area (Å²) in [5.41, 5.74) is 0. The molecule has 1 heterocycles. The minimum Gasteiger partial charge on any atom is -0.462 e. The first kappa shape index (κ1) is 9.00. The minimum absolute atomic E-state index is 0.131. The van der Waals surface area contributed by atoms with E-state index in [1.54, 1.807) is 0 Å². The Morgan fingerprint density at radius 3 is 2.77 bits per heavy atom. The fraction of sp³-hybridized carbons (Fsp3) is 0.900. The van der Waals surface area contributed by atoms with Gasteiger partial charge in [0.2, 0.25) is 0 Å². The van der Waals surface area contributed by atoms with E-state index in [2.05, 4.69) is 11.9 Å². The van der Waals surface area contributed by atoms with Gasteiger partial charge in [-0.25, -0.2) is 0 Å². The molecule has 1 unspecified atom stereocenters. The topological polar surface area (TPSA) is 29.5 Å². The number of ether oxygens (including phenoxy) is 1. The molecule has 0 radical (unpaired) electrons. The summed E-state index contributed by atoms with van der Waals surface area (Å²) in [5.74, 6) is 0.627. The molecule has 74 valence electrons. The summed E-state index contributed by atoms with van der Waals surface area (Å²) in [6.07, 6.45) is 3.59. The number of rotatable bonds is 1. The molecular formula is C10H17NO2. The van der Waals surface area contributed by atoms with Crippen LogP contribution in [0.4, 0.5) is 0 Å². The van der Waals surface area contributed by atoms with Gasteiger partial charge < -0.3 is 9.64 Å². The number of nitrogens with zero attached hydrogens (tertiary/aromatic N) is 1. The van der Waals surface area contributed by atoms with Crippen molar-refractivity contribution in [3.63, 3.8) is 0 Å². The van der Waals surface area contributed by atoms with Gasteiger partial charge in [0.1, 0.15) is 6.10 Å². The van der Waals surface area contributed by atoms with Crippen LogP contribution in [0.25, 0.3) is 0 Å². The van der Waals surface area contributed by atoms with Gasteiger partial charge in [-0.15, -0.1) is 0 Å². The van der Waals surface area contributed by atoms with Gasteiger partial charge in [-0.3, -0.25) is 4.79 Å². The molecule has 13 heavy (non-hydrogen) atoms. The third-order valence-corrected chi connectivity index (χ3v) is 3.24. The second-order valence-electron chi connectivity index (χ2n) is 4.40. The summed E-state index contributed by atoms with van der Waals surface area (Å²) in [6.45, 7) is 2.68. The largest absolute Gasteiger partial charge is 0.462 e. The normalized spacial score (nSPS) is 39.1. The van der Waals surface area contributed by atoms with Crippen LogP contribution in [0, 0.1) is 5.92 Å². The molecular weight excluding hydrogens is 166 g/mol. The molecule has 0 aromatic rings. The molecule has 1 saturated heterocycles. The molecule has 1 aliphatic carbocycles. The maximum Gasteiger partial charge on any atom is 0.302 e. The van der Waals surface area contributed by atoms with Crippen LogP contribution in [0.2, 0.25) is 0 Å². The Balaban J connectivity index is 1.93. The van der Waals surface area contributed by atoms with Gasteiger partial charge in [-0.05, 0) is 32.2 Å². The van der Waals surface area contributed by atoms with E-state index in [4.69, 9.17) is 4.74 Å². The van der Waals surface area contributed by atoms with Gasteiger partial charge in [-0.2, -0.15) is 0 Å². The number of carbonyl (C=O) groups is 1. The monoisotopic (exact) mass is 183 g/mol. The molecule has 3 atom stereocenters. The minimum atomic E-state index is -0.131. The van der Waals surface area contributed by atoms with Crippen LogP contribution in [-0.4, -0.2) is 36.6 Å². The number of fused-ring (bicyclic) bond motifs is 2. The molecule has 0 spiro atoms. The highest BCUT2D eigenvalue weighted by Crippen LogP contribution is 2.35. The van der Waals surface area contributed by atoms with Crippen molar-refractivity contribution in [2.75, 3.05) is 13.6 Å². The van der Waals surface area contributed by atoms with Crippen LogP contribution < -0.4 is 0 Å². The van der Waals surface area contributed by atoms with Crippen molar-refractivity contribution in [2.24, 2.45) is 5.92 Å². The van der Waals surface area contributed by atoms with Crippen molar-refractivity contribution in [1.29, 1.82) is 0 Å². The molecule has 1 saturated carbocycles. The van der Waals surface area contributed by atoms with Crippen molar-refractivity contribution >= 4 is 5.97 Å². The number of likely N-dealkylation sites (tertiary alicyclic amines) is 1. The lowest BCUT2D eigenvalue weighted by atomic mass is 9.88. The molecule has 1 aliphatic heterocycles. The zero-order chi connectivity index (χ0) is 9.42. The standard InChI is InChI=1S/C10H17NO2/c1-7(12)13-10-4-8-3-9(5-10)11(2)6-8/h8-10H,3-6H2,1-2H3/t8-,9+,10?/m0/s1. The van der Waals surface area contributed by atoms with E-state index in [9.17, 15) is 4.79 Å². The smallest absolute Gasteiger partial charge is 0.302 e. The Kier molecular flexibility index (Phi) is 2.28. The van der Waals surface area contributed by atoms with Crippen LogP contribution in [0.3, 0.4) is 0 Å². The van der Waals surface area contributed by atoms with Gasteiger partial charge in [0.05, 0.1) is 0 Å². The van der Waals surface area contributed by atoms with Crippen LogP contribution in [0.5, 0.6) is 0 Å². The van der Waals surface area contributed by atoms with Gasteiger partial charge in [-0.1, -0.05) is 0 Å². The second kappa shape index (κ2) is 3.29. The summed E-state index contributed by atoms with van der Waals surface area (Å²) in [5, 5.41) is 0. The molecule has 3 nitrogen and oxygen atoms in total. The third kappa shape index (κ3) is 1.85. The van der Waals surface area contributed by atoms with Crippen LogP contribution >= 0.6 is 0 Å². The zero-order valence-corrected chi connectivity index (χ0v) is 8.32. The molecule has 0 aromatic carbocycles. The van der Waals surface area contributed by atoms with Crippen LogP contribution in [0.15, 0.2) is 0 Å². The van der Waals surface area contributed by atoms with Crippen molar-refractivity contribution in [3.05, 3.63) is 0 Å². The fourth-order valence-corrected chi connectivity index (χ4v) is 2.74. The second-order valence-corrected chi connectivity index (χ2v) is 4.40. The molecule has 0 aromatic heterocycles. The average Bonchev–Trinajstić information content (AvgIpc) is 2.25. The lowest BCUT2D eigenvalue weighted by Gasteiger charge is -2.27. The number of esters is 1. The van der Waals surface area contributed by atoms with Gasteiger partial charge in [0.15, 0.2) is 0 Å². The summed E-state index contributed by atoms with van der Waals surface area (Å²) in [6, 6.07) is 0.656. The Bertz CT molecular complexity index is 215. The predicted octanol–water partition coefficient (Wildman–Crippen LogP) is 1.03. The molecule has 2 aliphatic rings. The first-order valence-corrected chi connectivity index (χ1v) is 5.02. The Hall–Kier alpha value is -0.570. The van der Waals surface area contributed by atoms with E-state index < -0.39 is 0 Å². The maximum absolute atomic E-state index is 10.8. The molecule has 2 rings (SSSR count). The van der Waals surface area contributed by atoms with Crippen molar-refractivity contribution in [2.45, 2.75) is 38.3 Å². The van der Waals surface area contributed by atoms with E-state index in [-0.39, 0.29) is 12.1 Å². The van der Waals surface area contributed by atoms with E-state index in [1.165, 1.54) is 19.9 Å². The summed E-state index contributed by atoms with van der Waals surface area (Å²) in [4.78, 5) is 13.2. The zero-order valence-electron chi connectivity index (χ0n) is 8.32. The van der Waals surface area contributed by atoms with Gasteiger partial charge >= 0.3 is 5.97 Å². The summed E-state index contributed by atoms with van der Waals surface area (Å²) in [7, 11) is 2.17. The average molecular weight is 183 g/mol. The molecule has 0 N–H and O–H groups in total. The number of hydrogen-bond acceptors (Lipinski definition) is 3. The van der Waals surface area contributed by atoms with Gasteiger partial charge in [0.25, 0.3) is 0 Å². The Morgan fingerprint density at radius 1 is 1.38 bits per heavy atom. The van der Waals surface area contributed by atoms with Crippen molar-refractivity contribution < 1.29 is 9.53 Å². The van der Waals surface area contributed by atoms with E-state index >= 15 is 0 Å². The first-order chi connectivity index (χ1) is 6.15. The van der Waals surface area contributed by atoms with E-state index in [0.717, 1.165) is 18.8 Å². The molecule has 2 fully saturated rings. The lowest BCUT2D eigenvalue weighted by Crippen LogP contribution is -2.31. The fourth-order valence-electron chi connectivity index (χ4n) is 2.74. The van der Waals surface area contributed by atoms with Crippen LogP contribution in [0.1, 0.15) is 26.2 Å². The van der Waals surface area contributed by atoms with Crippen LogP contribution in [-0.2, 0) is 9.53 Å². The van der Waals surface area contributed by atoms with Crippen molar-refractivity contribution in [3.8, 4) is 0 Å². The first-order valence-electron chi connectivity index (χ1n) is 5.02. The maximum atomic E-state index is 10.8. The van der Waals surface area contributed by atoms with Crippen molar-refractivity contribution in [1.82, 2.24) is 4.90 Å². The summed E-state index contributed by atoms with van der Waals surface area (Å²) < 4.78 is 5.25. The summed E-state index contributed by atoms with van der Waals surface area (Å²) >= 11 is 0. The highest BCUT2D eigenvalue weighted by Gasteiger charge is 2.38. The molecule has 2 bridgehead atoms. The van der Waals surface area contributed by atoms with Gasteiger partial charge in [0, 0.05) is 19.5 Å². The molecule has 3 heteroatoms. The highest BCUT2D eigenvalue weighted by atomic mass is 16.5. The lowest BCUT2D eigenvalue weighted by molar-refractivity contribution is -0.148. The number of hydrogen-bond donors (Lipinski definition) is 0. The number of carbonyl (C=O) groups excluding carboxylic acids is 1. The van der Waals surface area contributed by atoms with E-state index in [0.29, 0.717) is 6.04 Å². The highest BCUT2D eigenvalue weighted by molar-refractivity contribution is 5.66. The SMILES string of the molecule is CC(=O)OC1C[C@@H]2C[C@H](C1)N(C)C2. The predicted molar refractivity (Wildman–Crippen MR) is 49.3 cm³/mol. The van der Waals surface area contributed by atoms with E-state index in [1.807, 2.05) is 0 Å². The Morgan fingerprint density at radius 2 is 2.15 bits per heavy atom.